The second-order valence-electron chi connectivity index (χ2n) is 4.87. The fourth-order valence-electron chi connectivity index (χ4n) is 1.81. The lowest BCUT2D eigenvalue weighted by atomic mass is 10.2. The van der Waals surface area contributed by atoms with Crippen LogP contribution in [0, 0.1) is 22.7 Å². The highest BCUT2D eigenvalue weighted by molar-refractivity contribution is 5.92. The van der Waals surface area contributed by atoms with E-state index in [9.17, 15) is 5.11 Å². The van der Waals surface area contributed by atoms with E-state index in [2.05, 4.69) is 10.3 Å². The molecule has 0 saturated carbocycles. The van der Waals surface area contributed by atoms with Gasteiger partial charge < -0.3 is 5.11 Å². The molecule has 0 saturated heterocycles. The van der Waals surface area contributed by atoms with Crippen molar-refractivity contribution in [2.45, 2.75) is 19.9 Å². The normalized spacial score (nSPS) is 10.9. The minimum atomic E-state index is -0.497. The van der Waals surface area contributed by atoms with E-state index >= 15 is 0 Å². The van der Waals surface area contributed by atoms with Crippen LogP contribution < -0.4 is 9.79 Å². The molecule has 1 heterocycles. The zero-order valence-corrected chi connectivity index (χ0v) is 12.6. The van der Waals surface area contributed by atoms with Gasteiger partial charge >= 0.3 is 11.6 Å². The second-order valence-corrected chi connectivity index (χ2v) is 4.87. The lowest BCUT2D eigenvalue weighted by molar-refractivity contribution is -0.780. The minimum absolute atomic E-state index is 0.0458. The van der Waals surface area contributed by atoms with Crippen molar-refractivity contribution >= 4 is 17.9 Å². The molecule has 0 unspecified atom stereocenters. The molecular weight excluding hydrogens is 294 g/mol. The van der Waals surface area contributed by atoms with Crippen LogP contribution in [0.2, 0.25) is 0 Å². The van der Waals surface area contributed by atoms with Gasteiger partial charge in [0.25, 0.3) is 0 Å². The Morgan fingerprint density at radius 2 is 1.96 bits per heavy atom. The first-order valence-corrected chi connectivity index (χ1v) is 6.81. The number of nitriles is 2. The summed E-state index contributed by atoms with van der Waals surface area (Å²) in [6.45, 7) is 3.70. The molecule has 1 aromatic heterocycles. The summed E-state index contributed by atoms with van der Waals surface area (Å²) in [6.07, 6.45) is 1.30. The van der Waals surface area contributed by atoms with Crippen LogP contribution in [-0.2, 0) is 0 Å². The molecule has 0 atom stereocenters. The number of allylic oxidation sites excluding steroid dienone is 1. The van der Waals surface area contributed by atoms with Crippen LogP contribution in [0.4, 0.5) is 5.88 Å². The van der Waals surface area contributed by atoms with Crippen molar-refractivity contribution in [3.8, 4) is 12.1 Å². The molecule has 2 rings (SSSR count). The Hall–Kier alpha value is -3.45. The first-order valence-electron chi connectivity index (χ1n) is 6.81. The third-order valence-electron chi connectivity index (χ3n) is 2.92. The summed E-state index contributed by atoms with van der Waals surface area (Å²) >= 11 is 0. The van der Waals surface area contributed by atoms with Gasteiger partial charge in [-0.1, -0.05) is 30.3 Å². The number of hydrogen-bond acceptors (Lipinski definition) is 6. The van der Waals surface area contributed by atoms with E-state index in [0.29, 0.717) is 11.3 Å². The standard InChI is InChI=1S/C16H13N5O2/c1-11(2)21-14(8-12(9-17)10-18)16(23-20-21)19-15(22)13-6-4-3-5-7-13/h3-8,11H,1-2H3. The maximum atomic E-state index is 12.2. The molecule has 7 nitrogen and oxygen atoms in total. The van der Waals surface area contributed by atoms with E-state index in [1.54, 1.807) is 42.5 Å². The number of hydrogen-bond donors (Lipinski definition) is 0. The predicted octanol–water partition coefficient (Wildman–Crippen LogP) is 1.41. The molecular formula is C16H13N5O2. The zero-order chi connectivity index (χ0) is 16.8. The average molecular weight is 307 g/mol. The van der Waals surface area contributed by atoms with Crippen LogP contribution in [-0.4, -0.2) is 11.2 Å². The first-order chi connectivity index (χ1) is 11.1. The fraction of sp³-hybridized carbons (Fsp3) is 0.188. The van der Waals surface area contributed by atoms with Crippen molar-refractivity contribution in [2.75, 3.05) is 0 Å². The van der Waals surface area contributed by atoms with Crippen molar-refractivity contribution in [1.29, 1.82) is 10.5 Å². The van der Waals surface area contributed by atoms with E-state index in [4.69, 9.17) is 15.0 Å². The number of rotatable bonds is 4. The summed E-state index contributed by atoms with van der Waals surface area (Å²) in [5, 5.41) is 33.8. The van der Waals surface area contributed by atoms with Gasteiger partial charge in [-0.3, -0.25) is 4.52 Å². The van der Waals surface area contributed by atoms with Crippen molar-refractivity contribution in [3.63, 3.8) is 0 Å². The van der Waals surface area contributed by atoms with Gasteiger partial charge in [-0.05, 0) is 16.1 Å². The van der Waals surface area contributed by atoms with Gasteiger partial charge in [0.2, 0.25) is 5.27 Å². The molecule has 114 valence electrons. The van der Waals surface area contributed by atoms with E-state index in [1.807, 2.05) is 13.8 Å². The lowest BCUT2D eigenvalue weighted by Gasteiger charge is -2.08. The lowest BCUT2D eigenvalue weighted by Crippen LogP contribution is -2.40. The number of nitrogens with zero attached hydrogens (tertiary/aromatic N) is 5. The van der Waals surface area contributed by atoms with Crippen molar-refractivity contribution in [1.82, 2.24) is 5.27 Å². The van der Waals surface area contributed by atoms with E-state index in [-0.39, 0.29) is 17.5 Å². The molecule has 0 aliphatic carbocycles. The van der Waals surface area contributed by atoms with Crippen LogP contribution in [0.5, 0.6) is 0 Å². The van der Waals surface area contributed by atoms with E-state index in [0.717, 1.165) is 0 Å². The SMILES string of the molecule is CC(C)[n+]1noc(/N=C(\[O-])c2ccccc2)c1C=C(C#N)C#N. The summed E-state index contributed by atoms with van der Waals surface area (Å²) in [4.78, 5) is 3.90. The van der Waals surface area contributed by atoms with E-state index < -0.39 is 5.90 Å². The third kappa shape index (κ3) is 3.60. The van der Waals surface area contributed by atoms with Crippen LogP contribution in [0.15, 0.2) is 45.4 Å². The highest BCUT2D eigenvalue weighted by atomic mass is 16.5. The predicted molar refractivity (Wildman–Crippen MR) is 78.9 cm³/mol. The summed E-state index contributed by atoms with van der Waals surface area (Å²) in [5.74, 6) is -0.543. The summed E-state index contributed by atoms with van der Waals surface area (Å²) in [5.41, 5.74) is 0.560. The molecule has 23 heavy (non-hydrogen) atoms. The Kier molecular flexibility index (Phi) is 4.85. The van der Waals surface area contributed by atoms with Crippen molar-refractivity contribution in [2.24, 2.45) is 4.99 Å². The minimum Gasteiger partial charge on any atom is -0.858 e. The number of aliphatic imine (C=N–C) groups is 1. The molecule has 0 fully saturated rings. The van der Waals surface area contributed by atoms with Crippen LogP contribution in [0.3, 0.4) is 0 Å². The van der Waals surface area contributed by atoms with Gasteiger partial charge in [0.05, 0.1) is 0 Å². The Labute approximate surface area is 133 Å². The summed E-state index contributed by atoms with van der Waals surface area (Å²) in [6, 6.07) is 11.9. The van der Waals surface area contributed by atoms with Gasteiger partial charge in [-0.25, -0.2) is 4.99 Å². The average Bonchev–Trinajstić information content (AvgIpc) is 2.96. The molecule has 0 amide bonds. The van der Waals surface area contributed by atoms with Crippen LogP contribution >= 0.6 is 0 Å². The largest absolute Gasteiger partial charge is 0.858 e. The Morgan fingerprint density at radius 1 is 1.30 bits per heavy atom. The number of benzene rings is 1. The quantitative estimate of drug-likeness (QED) is 0.367. The Balaban J connectivity index is 2.54. The molecule has 0 aliphatic heterocycles. The van der Waals surface area contributed by atoms with E-state index in [1.165, 1.54) is 10.8 Å². The highest BCUT2D eigenvalue weighted by Gasteiger charge is 2.25. The zero-order valence-electron chi connectivity index (χ0n) is 12.6. The molecule has 1 aromatic carbocycles. The van der Waals surface area contributed by atoms with Gasteiger partial charge in [0, 0.05) is 19.9 Å². The van der Waals surface area contributed by atoms with Gasteiger partial charge in [0.15, 0.2) is 6.04 Å². The van der Waals surface area contributed by atoms with Crippen LogP contribution in [0.25, 0.3) is 6.08 Å². The van der Waals surface area contributed by atoms with Crippen molar-refractivity contribution in [3.05, 3.63) is 47.2 Å². The summed E-state index contributed by atoms with van der Waals surface area (Å²) < 4.78 is 6.55. The first kappa shape index (κ1) is 15.9. The second kappa shape index (κ2) is 7.01. The molecule has 2 aromatic rings. The Bertz CT molecular complexity index is 820. The van der Waals surface area contributed by atoms with Gasteiger partial charge in [-0.15, -0.1) is 0 Å². The fourth-order valence-corrected chi connectivity index (χ4v) is 1.81. The third-order valence-corrected chi connectivity index (χ3v) is 2.92. The summed E-state index contributed by atoms with van der Waals surface area (Å²) in [7, 11) is 0. The number of aromatic nitrogens is 2. The van der Waals surface area contributed by atoms with Crippen molar-refractivity contribution < 1.29 is 14.3 Å². The molecule has 0 spiro atoms. The molecule has 7 heteroatoms. The maximum Gasteiger partial charge on any atom is 0.328 e. The molecule has 0 N–H and O–H groups in total. The topological polar surface area (TPSA) is 113 Å². The smallest absolute Gasteiger partial charge is 0.328 e. The monoisotopic (exact) mass is 307 g/mol. The Morgan fingerprint density at radius 3 is 2.52 bits per heavy atom. The molecule has 0 aliphatic rings. The van der Waals surface area contributed by atoms with Gasteiger partial charge in [-0.2, -0.15) is 10.5 Å². The van der Waals surface area contributed by atoms with Gasteiger partial charge in [0.1, 0.15) is 17.7 Å². The maximum absolute atomic E-state index is 12.2. The molecule has 0 radical (unpaired) electrons. The highest BCUT2D eigenvalue weighted by Crippen LogP contribution is 2.20. The van der Waals surface area contributed by atoms with Crippen LogP contribution in [0.1, 0.15) is 31.1 Å². The molecule has 0 bridgehead atoms.